The molecule has 0 saturated carbocycles. The quantitative estimate of drug-likeness (QED) is 0.477. The smallest absolute Gasteiger partial charge is 0.243 e. The van der Waals surface area contributed by atoms with E-state index in [2.05, 4.69) is 5.32 Å². The Morgan fingerprint density at radius 1 is 1.06 bits per heavy atom. The maximum atomic E-state index is 14.3. The summed E-state index contributed by atoms with van der Waals surface area (Å²) in [5, 5.41) is 2.96. The second-order valence-electron chi connectivity index (χ2n) is 10.1. The third-order valence-corrected chi connectivity index (χ3v) is 6.81. The molecule has 0 aliphatic carbocycles. The molecule has 2 amide bonds. The summed E-state index contributed by atoms with van der Waals surface area (Å²) in [6.07, 6.45) is 1.60. The molecular weight excluding hydrogens is 481 g/mol. The van der Waals surface area contributed by atoms with Crippen LogP contribution in [0.4, 0.5) is 10.1 Å². The number of para-hydroxylation sites is 1. The first-order valence-corrected chi connectivity index (χ1v) is 14.0. The molecule has 0 aliphatic rings. The Balaban J connectivity index is 2.24. The molecule has 0 saturated heterocycles. The highest BCUT2D eigenvalue weighted by molar-refractivity contribution is 7.92. The van der Waals surface area contributed by atoms with Gasteiger partial charge in [-0.25, -0.2) is 12.8 Å². The van der Waals surface area contributed by atoms with Gasteiger partial charge in [0, 0.05) is 25.0 Å². The van der Waals surface area contributed by atoms with Crippen molar-refractivity contribution in [1.29, 1.82) is 0 Å². The minimum atomic E-state index is -3.76. The zero-order chi connectivity index (χ0) is 27.1. The summed E-state index contributed by atoms with van der Waals surface area (Å²) in [6, 6.07) is 12.7. The molecule has 0 aromatic heterocycles. The van der Waals surface area contributed by atoms with E-state index in [0.29, 0.717) is 6.42 Å². The molecule has 198 valence electrons. The molecule has 2 aromatic carbocycles. The summed E-state index contributed by atoms with van der Waals surface area (Å²) in [7, 11) is -3.76. The van der Waals surface area contributed by atoms with Gasteiger partial charge in [-0.15, -0.1) is 0 Å². The van der Waals surface area contributed by atoms with Crippen LogP contribution in [-0.2, 0) is 26.2 Å². The van der Waals surface area contributed by atoms with Gasteiger partial charge in [0.25, 0.3) is 0 Å². The summed E-state index contributed by atoms with van der Waals surface area (Å²) >= 11 is 0. The van der Waals surface area contributed by atoms with E-state index < -0.39 is 27.4 Å². The molecule has 0 radical (unpaired) electrons. The third kappa shape index (κ3) is 8.62. The van der Waals surface area contributed by atoms with Crippen LogP contribution in [0.1, 0.15) is 58.1 Å². The van der Waals surface area contributed by atoms with Crippen LogP contribution in [-0.4, -0.2) is 49.5 Å². The molecule has 9 heteroatoms. The predicted octanol–water partition coefficient (Wildman–Crippen LogP) is 4.40. The number of nitrogens with zero attached hydrogens (tertiary/aromatic N) is 2. The molecule has 2 aromatic rings. The van der Waals surface area contributed by atoms with Gasteiger partial charge >= 0.3 is 0 Å². The zero-order valence-corrected chi connectivity index (χ0v) is 22.9. The molecule has 0 bridgehead atoms. The predicted molar refractivity (Wildman–Crippen MR) is 142 cm³/mol. The lowest BCUT2D eigenvalue weighted by molar-refractivity contribution is -0.142. The highest BCUT2D eigenvalue weighted by Gasteiger charge is 2.31. The lowest BCUT2D eigenvalue weighted by atomic mass is 10.0. The molecular formula is C27H38FN3O4S. The van der Waals surface area contributed by atoms with Crippen LogP contribution in [0.15, 0.2) is 48.5 Å². The Bertz CT molecular complexity index is 1140. The van der Waals surface area contributed by atoms with Crippen LogP contribution < -0.4 is 9.62 Å². The van der Waals surface area contributed by atoms with Crippen molar-refractivity contribution in [3.63, 3.8) is 0 Å². The van der Waals surface area contributed by atoms with Crippen LogP contribution in [0.2, 0.25) is 0 Å². The zero-order valence-electron chi connectivity index (χ0n) is 22.0. The first-order chi connectivity index (χ1) is 16.7. The van der Waals surface area contributed by atoms with Gasteiger partial charge in [0.15, 0.2) is 0 Å². The lowest BCUT2D eigenvalue weighted by Gasteiger charge is -2.33. The second-order valence-corrected chi connectivity index (χ2v) is 12.0. The van der Waals surface area contributed by atoms with Crippen molar-refractivity contribution in [1.82, 2.24) is 10.2 Å². The van der Waals surface area contributed by atoms with Crippen molar-refractivity contribution in [3.05, 3.63) is 65.5 Å². The third-order valence-electron chi connectivity index (χ3n) is 5.63. The number of benzene rings is 2. The van der Waals surface area contributed by atoms with Crippen LogP contribution in [0, 0.1) is 12.7 Å². The van der Waals surface area contributed by atoms with Crippen molar-refractivity contribution in [3.8, 4) is 0 Å². The van der Waals surface area contributed by atoms with E-state index in [1.165, 1.54) is 18.2 Å². The van der Waals surface area contributed by atoms with Crippen molar-refractivity contribution in [2.24, 2.45) is 0 Å². The fourth-order valence-corrected chi connectivity index (χ4v) is 4.87. The number of rotatable bonds is 11. The van der Waals surface area contributed by atoms with E-state index in [1.807, 2.05) is 58.9 Å². The molecule has 0 heterocycles. The number of hydrogen-bond acceptors (Lipinski definition) is 4. The van der Waals surface area contributed by atoms with Gasteiger partial charge in [0.05, 0.1) is 11.9 Å². The summed E-state index contributed by atoms with van der Waals surface area (Å²) in [5.74, 6) is -1.16. The summed E-state index contributed by atoms with van der Waals surface area (Å²) in [4.78, 5) is 28.1. The monoisotopic (exact) mass is 519 g/mol. The first-order valence-electron chi connectivity index (χ1n) is 12.1. The number of anilines is 1. The van der Waals surface area contributed by atoms with E-state index in [4.69, 9.17) is 0 Å². The van der Waals surface area contributed by atoms with Gasteiger partial charge in [0.1, 0.15) is 11.9 Å². The van der Waals surface area contributed by atoms with Gasteiger partial charge in [-0.05, 0) is 58.2 Å². The molecule has 36 heavy (non-hydrogen) atoms. The highest BCUT2D eigenvalue weighted by Crippen LogP contribution is 2.22. The molecule has 0 aliphatic heterocycles. The molecule has 0 unspecified atom stereocenters. The first kappa shape index (κ1) is 29.3. The van der Waals surface area contributed by atoms with Gasteiger partial charge in [-0.1, -0.05) is 48.9 Å². The number of hydrogen-bond donors (Lipinski definition) is 1. The van der Waals surface area contributed by atoms with Crippen LogP contribution in [0.3, 0.4) is 0 Å². The van der Waals surface area contributed by atoms with Crippen LogP contribution in [0.5, 0.6) is 0 Å². The summed E-state index contributed by atoms with van der Waals surface area (Å²) in [6.45, 7) is 9.66. The van der Waals surface area contributed by atoms with Gasteiger partial charge in [0.2, 0.25) is 21.8 Å². The van der Waals surface area contributed by atoms with Crippen LogP contribution in [0.25, 0.3) is 0 Å². The van der Waals surface area contributed by atoms with Gasteiger partial charge in [-0.3, -0.25) is 13.9 Å². The minimum absolute atomic E-state index is 0.00559. The molecule has 0 spiro atoms. The molecule has 0 fully saturated rings. The average molecular weight is 520 g/mol. The van der Waals surface area contributed by atoms with E-state index in [0.717, 1.165) is 21.7 Å². The molecule has 2 rings (SSSR count). The second kappa shape index (κ2) is 12.3. The molecule has 1 atom stereocenters. The van der Waals surface area contributed by atoms with E-state index >= 15 is 0 Å². The minimum Gasteiger partial charge on any atom is -0.350 e. The fourth-order valence-electron chi connectivity index (χ4n) is 3.90. The standard InChI is InChI=1S/C27H38FN3O4S/c1-7-23(26(33)29-27(3,4)5)30(19-21-16-14-20(2)15-17-21)25(32)13-10-18-31(36(6,34)35)24-12-9-8-11-22(24)28/h8-9,11-12,14-17,23H,7,10,13,18-19H2,1-6H3,(H,29,33)/t23-/m0/s1. The maximum Gasteiger partial charge on any atom is 0.243 e. The van der Waals surface area contributed by atoms with Gasteiger partial charge < -0.3 is 10.2 Å². The van der Waals surface area contributed by atoms with E-state index in [9.17, 15) is 22.4 Å². The average Bonchev–Trinajstić information content (AvgIpc) is 2.76. The van der Waals surface area contributed by atoms with Gasteiger partial charge in [-0.2, -0.15) is 0 Å². The Kier molecular flexibility index (Phi) is 10.0. The fraction of sp³-hybridized carbons (Fsp3) is 0.481. The Hall–Kier alpha value is -2.94. The number of nitrogens with one attached hydrogen (secondary N) is 1. The summed E-state index contributed by atoms with van der Waals surface area (Å²) < 4.78 is 40.0. The topological polar surface area (TPSA) is 86.8 Å². The number of amides is 2. The van der Waals surface area contributed by atoms with Crippen molar-refractivity contribution in [2.45, 2.75) is 72.0 Å². The Morgan fingerprint density at radius 2 is 1.67 bits per heavy atom. The van der Waals surface area contributed by atoms with E-state index in [-0.39, 0.29) is 43.4 Å². The normalized spacial score (nSPS) is 12.6. The molecule has 1 N–H and O–H groups in total. The van der Waals surface area contributed by atoms with E-state index in [1.54, 1.807) is 11.0 Å². The van der Waals surface area contributed by atoms with Crippen molar-refractivity contribution < 1.29 is 22.4 Å². The van der Waals surface area contributed by atoms with Crippen molar-refractivity contribution >= 4 is 27.5 Å². The maximum absolute atomic E-state index is 14.3. The highest BCUT2D eigenvalue weighted by atomic mass is 32.2. The Morgan fingerprint density at radius 3 is 2.19 bits per heavy atom. The van der Waals surface area contributed by atoms with Crippen molar-refractivity contribution in [2.75, 3.05) is 17.1 Å². The number of carbonyl (C=O) groups is 2. The number of carbonyl (C=O) groups excluding carboxylic acids is 2. The number of aryl methyl sites for hydroxylation is 1. The Labute approximate surface area is 214 Å². The summed E-state index contributed by atoms with van der Waals surface area (Å²) in [5.41, 5.74) is 1.46. The SMILES string of the molecule is CC[C@@H](C(=O)NC(C)(C)C)N(Cc1ccc(C)cc1)C(=O)CCCN(c1ccccc1F)S(C)(=O)=O. The molecule has 7 nitrogen and oxygen atoms in total. The number of halogens is 1. The lowest BCUT2D eigenvalue weighted by Crippen LogP contribution is -2.53. The van der Waals surface area contributed by atoms with Crippen LogP contribution >= 0.6 is 0 Å². The largest absolute Gasteiger partial charge is 0.350 e. The number of sulfonamides is 1.